The number of hydrogen-bond acceptors (Lipinski definition) is 1. The zero-order valence-corrected chi connectivity index (χ0v) is 9.98. The van der Waals surface area contributed by atoms with E-state index in [1.54, 1.807) is 0 Å². The standard InChI is InChI=1S/C12H24O/c1-9(2)10-7-12(6,8-10)13-11(3,4)5/h9-10H,7-8H2,1-6H3. The second kappa shape index (κ2) is 3.27. The molecule has 0 amide bonds. The Bertz CT molecular complexity index is 170. The van der Waals surface area contributed by atoms with Gasteiger partial charge in [0.05, 0.1) is 11.2 Å². The molecule has 1 rings (SSSR count). The van der Waals surface area contributed by atoms with Crippen molar-refractivity contribution in [3.63, 3.8) is 0 Å². The maximum Gasteiger partial charge on any atom is 0.0667 e. The van der Waals surface area contributed by atoms with Gasteiger partial charge in [0.25, 0.3) is 0 Å². The van der Waals surface area contributed by atoms with Crippen LogP contribution in [0.25, 0.3) is 0 Å². The molecule has 1 saturated carbocycles. The molecule has 0 unspecified atom stereocenters. The molecule has 1 aliphatic rings. The van der Waals surface area contributed by atoms with Crippen LogP contribution in [-0.2, 0) is 4.74 Å². The summed E-state index contributed by atoms with van der Waals surface area (Å²) in [5.74, 6) is 1.70. The minimum atomic E-state index is 0.0106. The van der Waals surface area contributed by atoms with Crippen molar-refractivity contribution in [3.8, 4) is 0 Å². The highest BCUT2D eigenvalue weighted by molar-refractivity contribution is 4.94. The molecule has 78 valence electrons. The van der Waals surface area contributed by atoms with E-state index in [1.165, 1.54) is 12.8 Å². The summed E-state index contributed by atoms with van der Waals surface area (Å²) in [7, 11) is 0. The van der Waals surface area contributed by atoms with Crippen molar-refractivity contribution >= 4 is 0 Å². The third kappa shape index (κ3) is 2.98. The topological polar surface area (TPSA) is 9.23 Å². The van der Waals surface area contributed by atoms with Crippen molar-refractivity contribution in [2.75, 3.05) is 0 Å². The molecule has 1 aliphatic carbocycles. The van der Waals surface area contributed by atoms with Gasteiger partial charge in [-0.15, -0.1) is 0 Å². The maximum atomic E-state index is 6.04. The van der Waals surface area contributed by atoms with E-state index in [1.807, 2.05) is 0 Å². The fourth-order valence-corrected chi connectivity index (χ4v) is 2.34. The minimum Gasteiger partial charge on any atom is -0.370 e. The number of rotatable bonds is 2. The fraction of sp³-hybridized carbons (Fsp3) is 1.00. The van der Waals surface area contributed by atoms with Crippen molar-refractivity contribution in [2.24, 2.45) is 11.8 Å². The monoisotopic (exact) mass is 184 g/mol. The fourth-order valence-electron chi connectivity index (χ4n) is 2.34. The van der Waals surface area contributed by atoms with Crippen LogP contribution in [0.3, 0.4) is 0 Å². The first-order chi connectivity index (χ1) is 5.72. The van der Waals surface area contributed by atoms with Crippen LogP contribution in [0.2, 0.25) is 0 Å². The molecule has 0 bridgehead atoms. The van der Waals surface area contributed by atoms with E-state index >= 15 is 0 Å². The first kappa shape index (κ1) is 11.0. The van der Waals surface area contributed by atoms with Crippen LogP contribution in [-0.4, -0.2) is 11.2 Å². The Labute approximate surface area is 82.9 Å². The van der Waals surface area contributed by atoms with E-state index in [4.69, 9.17) is 4.74 Å². The molecule has 0 radical (unpaired) electrons. The van der Waals surface area contributed by atoms with Crippen molar-refractivity contribution in [1.82, 2.24) is 0 Å². The van der Waals surface area contributed by atoms with Crippen molar-refractivity contribution < 1.29 is 4.74 Å². The third-order valence-electron chi connectivity index (χ3n) is 2.88. The summed E-state index contributed by atoms with van der Waals surface area (Å²) in [6.07, 6.45) is 2.48. The van der Waals surface area contributed by atoms with E-state index in [0.29, 0.717) is 0 Å². The van der Waals surface area contributed by atoms with Gasteiger partial charge in [0.2, 0.25) is 0 Å². The van der Waals surface area contributed by atoms with Gasteiger partial charge in [-0.3, -0.25) is 0 Å². The largest absolute Gasteiger partial charge is 0.370 e. The van der Waals surface area contributed by atoms with E-state index in [9.17, 15) is 0 Å². The van der Waals surface area contributed by atoms with Gasteiger partial charge in [-0.1, -0.05) is 13.8 Å². The molecule has 1 fully saturated rings. The zero-order chi connectivity index (χ0) is 10.3. The van der Waals surface area contributed by atoms with E-state index in [2.05, 4.69) is 41.5 Å². The molecule has 0 saturated heterocycles. The number of ether oxygens (including phenoxy) is 1. The average molecular weight is 184 g/mol. The molecule has 0 heterocycles. The second-order valence-corrected chi connectivity index (χ2v) is 6.08. The molecule has 0 atom stereocenters. The van der Waals surface area contributed by atoms with Crippen LogP contribution >= 0.6 is 0 Å². The first-order valence-electron chi connectivity index (χ1n) is 5.42. The van der Waals surface area contributed by atoms with Crippen LogP contribution in [0.15, 0.2) is 0 Å². The van der Waals surface area contributed by atoms with Crippen LogP contribution in [0.1, 0.15) is 54.4 Å². The van der Waals surface area contributed by atoms with Gasteiger partial charge in [-0.2, -0.15) is 0 Å². The minimum absolute atomic E-state index is 0.0106. The SMILES string of the molecule is CC(C)C1CC(C)(OC(C)(C)C)C1. The molecule has 1 nitrogen and oxygen atoms in total. The summed E-state index contributed by atoms with van der Waals surface area (Å²) in [6.45, 7) is 13.3. The lowest BCUT2D eigenvalue weighted by Crippen LogP contribution is -2.49. The lowest BCUT2D eigenvalue weighted by atomic mass is 9.67. The highest BCUT2D eigenvalue weighted by atomic mass is 16.5. The number of hydrogen-bond donors (Lipinski definition) is 0. The van der Waals surface area contributed by atoms with Crippen LogP contribution in [0.5, 0.6) is 0 Å². The predicted molar refractivity (Wildman–Crippen MR) is 56.8 cm³/mol. The lowest BCUT2D eigenvalue weighted by molar-refractivity contribution is -0.186. The Morgan fingerprint density at radius 3 is 2.00 bits per heavy atom. The lowest BCUT2D eigenvalue weighted by Gasteiger charge is -2.50. The molecular formula is C12H24O. The van der Waals surface area contributed by atoms with Crippen molar-refractivity contribution in [2.45, 2.75) is 65.6 Å². The van der Waals surface area contributed by atoms with Gasteiger partial charge in [-0.25, -0.2) is 0 Å². The molecule has 13 heavy (non-hydrogen) atoms. The molecular weight excluding hydrogens is 160 g/mol. The molecule has 0 aliphatic heterocycles. The molecule has 0 aromatic heterocycles. The molecule has 0 aromatic carbocycles. The third-order valence-corrected chi connectivity index (χ3v) is 2.88. The Kier molecular flexibility index (Phi) is 2.78. The summed E-state index contributed by atoms with van der Waals surface area (Å²) >= 11 is 0. The zero-order valence-electron chi connectivity index (χ0n) is 9.98. The summed E-state index contributed by atoms with van der Waals surface area (Å²) in [4.78, 5) is 0. The van der Waals surface area contributed by atoms with Gasteiger partial charge < -0.3 is 4.74 Å². The Morgan fingerprint density at radius 2 is 1.69 bits per heavy atom. The first-order valence-corrected chi connectivity index (χ1v) is 5.42. The molecule has 0 spiro atoms. The highest BCUT2D eigenvalue weighted by Crippen LogP contribution is 2.46. The molecule has 1 heteroatoms. The quantitative estimate of drug-likeness (QED) is 0.637. The van der Waals surface area contributed by atoms with Gasteiger partial charge >= 0.3 is 0 Å². The maximum absolute atomic E-state index is 6.04. The highest BCUT2D eigenvalue weighted by Gasteiger charge is 2.44. The van der Waals surface area contributed by atoms with Gasteiger partial charge in [-0.05, 0) is 52.4 Å². The Hall–Kier alpha value is -0.0400. The van der Waals surface area contributed by atoms with Crippen molar-refractivity contribution in [1.29, 1.82) is 0 Å². The van der Waals surface area contributed by atoms with E-state index in [0.717, 1.165) is 11.8 Å². The summed E-state index contributed by atoms with van der Waals surface area (Å²) in [6, 6.07) is 0. The average Bonchev–Trinajstić information content (AvgIpc) is 1.77. The molecule has 0 aromatic rings. The predicted octanol–water partition coefficient (Wildman–Crippen LogP) is 3.63. The molecule has 0 N–H and O–H groups in total. The van der Waals surface area contributed by atoms with Crippen molar-refractivity contribution in [3.05, 3.63) is 0 Å². The van der Waals surface area contributed by atoms with Crippen LogP contribution in [0.4, 0.5) is 0 Å². The van der Waals surface area contributed by atoms with E-state index in [-0.39, 0.29) is 11.2 Å². The van der Waals surface area contributed by atoms with Gasteiger partial charge in [0.1, 0.15) is 0 Å². The van der Waals surface area contributed by atoms with E-state index < -0.39 is 0 Å². The summed E-state index contributed by atoms with van der Waals surface area (Å²) in [5.41, 5.74) is 0.171. The van der Waals surface area contributed by atoms with Gasteiger partial charge in [0.15, 0.2) is 0 Å². The van der Waals surface area contributed by atoms with Crippen LogP contribution in [0, 0.1) is 11.8 Å². The Morgan fingerprint density at radius 1 is 1.23 bits per heavy atom. The smallest absolute Gasteiger partial charge is 0.0667 e. The second-order valence-electron chi connectivity index (χ2n) is 6.08. The van der Waals surface area contributed by atoms with Gasteiger partial charge in [0, 0.05) is 0 Å². The Balaban J connectivity index is 2.38. The summed E-state index contributed by atoms with van der Waals surface area (Å²) < 4.78 is 6.04. The normalized spacial score (nSPS) is 34.8. The summed E-state index contributed by atoms with van der Waals surface area (Å²) in [5, 5.41) is 0. The van der Waals surface area contributed by atoms with Crippen LogP contribution < -0.4 is 0 Å².